The fraction of sp³-hybridized carbons (Fsp3) is 0.579. The van der Waals surface area contributed by atoms with Crippen LogP contribution in [0.25, 0.3) is 0 Å². The van der Waals surface area contributed by atoms with E-state index in [1.54, 1.807) is 13.8 Å². The van der Waals surface area contributed by atoms with Crippen LogP contribution < -0.4 is 5.32 Å². The van der Waals surface area contributed by atoms with E-state index < -0.39 is 0 Å². The Balaban J connectivity index is 0.00000139. The van der Waals surface area contributed by atoms with Gasteiger partial charge in [0.15, 0.2) is 0 Å². The summed E-state index contributed by atoms with van der Waals surface area (Å²) in [7, 11) is 0. The first-order valence-electron chi connectivity index (χ1n) is 8.72. The Morgan fingerprint density at radius 1 is 1.17 bits per heavy atom. The van der Waals surface area contributed by atoms with Gasteiger partial charge in [-0.3, -0.25) is 9.59 Å². The van der Waals surface area contributed by atoms with E-state index in [1.165, 1.54) is 0 Å². The maximum absolute atomic E-state index is 11.9. The molecule has 0 saturated carbocycles. The third-order valence-electron chi connectivity index (χ3n) is 4.22. The molecule has 1 atom stereocenters. The number of nitrogens with one attached hydrogen (secondary N) is 1. The number of amides is 1. The largest absolute Gasteiger partial charge is 0.343 e. The van der Waals surface area contributed by atoms with Crippen LogP contribution in [0.15, 0.2) is 24.3 Å². The van der Waals surface area contributed by atoms with Crippen LogP contribution in [0.2, 0.25) is 5.02 Å². The molecule has 1 aliphatic heterocycles. The van der Waals surface area contributed by atoms with Gasteiger partial charge in [0, 0.05) is 31.1 Å². The fourth-order valence-corrected chi connectivity index (χ4v) is 2.95. The van der Waals surface area contributed by atoms with Gasteiger partial charge in [-0.15, -0.1) is 0 Å². The van der Waals surface area contributed by atoms with E-state index in [2.05, 4.69) is 5.32 Å². The lowest BCUT2D eigenvalue weighted by Crippen LogP contribution is -2.49. The number of halogens is 1. The summed E-state index contributed by atoms with van der Waals surface area (Å²) in [5.41, 5.74) is 1.10. The Morgan fingerprint density at radius 2 is 1.71 bits per heavy atom. The van der Waals surface area contributed by atoms with Gasteiger partial charge in [-0.1, -0.05) is 37.6 Å². The molecule has 1 amide bonds. The van der Waals surface area contributed by atoms with Crippen molar-refractivity contribution in [1.29, 1.82) is 0 Å². The molecule has 0 spiro atoms. The van der Waals surface area contributed by atoms with Crippen molar-refractivity contribution in [3.63, 3.8) is 0 Å². The molecule has 1 aromatic carbocycles. The molecule has 0 radical (unpaired) electrons. The number of rotatable bonds is 5. The predicted molar refractivity (Wildman–Crippen MR) is 99.4 cm³/mol. The molecule has 5 heteroatoms. The molecule has 0 aliphatic carbocycles. The molecule has 1 saturated heterocycles. The minimum absolute atomic E-state index is 0.128. The van der Waals surface area contributed by atoms with Crippen LogP contribution in [0.3, 0.4) is 0 Å². The summed E-state index contributed by atoms with van der Waals surface area (Å²) in [6.07, 6.45) is 2.45. The molecule has 4 nitrogen and oxygen atoms in total. The van der Waals surface area contributed by atoms with Crippen molar-refractivity contribution < 1.29 is 9.59 Å². The first kappa shape index (κ1) is 20.7. The Bertz CT molecular complexity index is 523. The lowest BCUT2D eigenvalue weighted by molar-refractivity contribution is -0.130. The monoisotopic (exact) mass is 352 g/mol. The van der Waals surface area contributed by atoms with E-state index >= 15 is 0 Å². The highest BCUT2D eigenvalue weighted by Gasteiger charge is 2.24. The quantitative estimate of drug-likeness (QED) is 0.882. The Labute approximate surface area is 150 Å². The average Bonchev–Trinajstić information content (AvgIpc) is 2.58. The van der Waals surface area contributed by atoms with Gasteiger partial charge in [-0.25, -0.2) is 0 Å². The highest BCUT2D eigenvalue weighted by atomic mass is 35.5. The van der Waals surface area contributed by atoms with E-state index in [0.717, 1.165) is 31.5 Å². The number of hydrogen-bond acceptors (Lipinski definition) is 3. The normalized spacial score (nSPS) is 16.1. The summed E-state index contributed by atoms with van der Waals surface area (Å²) in [6, 6.07) is 7.71. The van der Waals surface area contributed by atoms with Gasteiger partial charge in [0.2, 0.25) is 5.91 Å². The van der Waals surface area contributed by atoms with E-state index in [4.69, 9.17) is 11.6 Å². The molecule has 1 aromatic rings. The number of benzene rings is 1. The molecular formula is C19H29ClN2O2. The Morgan fingerprint density at radius 3 is 2.17 bits per heavy atom. The van der Waals surface area contributed by atoms with Gasteiger partial charge >= 0.3 is 0 Å². The van der Waals surface area contributed by atoms with Gasteiger partial charge in [0.1, 0.15) is 5.78 Å². The molecule has 1 fully saturated rings. The predicted octanol–water partition coefficient (Wildman–Crippen LogP) is 3.47. The molecule has 0 aromatic heterocycles. The van der Waals surface area contributed by atoms with Crippen LogP contribution in [-0.4, -0.2) is 41.8 Å². The third kappa shape index (κ3) is 6.62. The molecule has 0 bridgehead atoms. The summed E-state index contributed by atoms with van der Waals surface area (Å²) in [6.45, 7) is 8.75. The van der Waals surface area contributed by atoms with Gasteiger partial charge < -0.3 is 10.2 Å². The van der Waals surface area contributed by atoms with E-state index in [0.29, 0.717) is 11.4 Å². The summed E-state index contributed by atoms with van der Waals surface area (Å²) in [5.74, 6) is 0.270. The number of ketones is 1. The first-order valence-corrected chi connectivity index (χ1v) is 9.10. The summed E-state index contributed by atoms with van der Waals surface area (Å²) in [4.78, 5) is 25.1. The highest BCUT2D eigenvalue weighted by molar-refractivity contribution is 6.30. The van der Waals surface area contributed by atoms with Crippen LogP contribution in [0.1, 0.15) is 46.1 Å². The van der Waals surface area contributed by atoms with Crippen molar-refractivity contribution in [1.82, 2.24) is 10.2 Å². The number of hydrogen-bond donors (Lipinski definition) is 1. The van der Waals surface area contributed by atoms with Gasteiger partial charge in [-0.2, -0.15) is 0 Å². The van der Waals surface area contributed by atoms with Crippen LogP contribution in [0, 0.1) is 0 Å². The molecule has 1 heterocycles. The second-order valence-electron chi connectivity index (χ2n) is 5.94. The maximum Gasteiger partial charge on any atom is 0.219 e. The molecule has 2 rings (SSSR count). The number of carbonyl (C=O) groups is 2. The van der Waals surface area contributed by atoms with Crippen molar-refractivity contribution in [2.75, 3.05) is 13.1 Å². The van der Waals surface area contributed by atoms with Crippen LogP contribution >= 0.6 is 11.6 Å². The molecular weight excluding hydrogens is 324 g/mol. The third-order valence-corrected chi connectivity index (χ3v) is 4.47. The van der Waals surface area contributed by atoms with E-state index in [1.807, 2.05) is 43.0 Å². The summed E-state index contributed by atoms with van der Waals surface area (Å²) in [5, 5.41) is 4.16. The molecule has 0 unspecified atom stereocenters. The fourth-order valence-electron chi connectivity index (χ4n) is 2.82. The van der Waals surface area contributed by atoms with Crippen LogP contribution in [0.5, 0.6) is 0 Å². The number of Topliss-reactive ketones (excluding diaryl/α,β-unsaturated/α-hetero) is 1. The number of piperidine rings is 1. The topological polar surface area (TPSA) is 49.4 Å². The Hall–Kier alpha value is -1.39. The minimum Gasteiger partial charge on any atom is -0.343 e. The minimum atomic E-state index is -0.185. The summed E-state index contributed by atoms with van der Waals surface area (Å²) < 4.78 is 0. The van der Waals surface area contributed by atoms with Crippen molar-refractivity contribution in [3.8, 4) is 0 Å². The SMILES string of the molecule is CC.CC(=O)[C@@H](Cc1ccc(Cl)cc1)NC1CCN(C(C)=O)CC1. The summed E-state index contributed by atoms with van der Waals surface area (Å²) >= 11 is 5.89. The number of likely N-dealkylation sites (tertiary alicyclic amines) is 1. The zero-order valence-corrected chi connectivity index (χ0v) is 15.9. The highest BCUT2D eigenvalue weighted by Crippen LogP contribution is 2.14. The molecule has 134 valence electrons. The number of carbonyl (C=O) groups excluding carboxylic acids is 2. The smallest absolute Gasteiger partial charge is 0.219 e. The van der Waals surface area contributed by atoms with Crippen molar-refractivity contribution in [3.05, 3.63) is 34.9 Å². The van der Waals surface area contributed by atoms with E-state index in [9.17, 15) is 9.59 Å². The molecule has 1 N–H and O–H groups in total. The second-order valence-corrected chi connectivity index (χ2v) is 6.38. The zero-order chi connectivity index (χ0) is 18.1. The van der Waals surface area contributed by atoms with Crippen molar-refractivity contribution in [2.45, 2.75) is 59.0 Å². The molecule has 1 aliphatic rings. The zero-order valence-electron chi connectivity index (χ0n) is 15.1. The van der Waals surface area contributed by atoms with E-state index in [-0.39, 0.29) is 23.8 Å². The Kier molecular flexibility index (Phi) is 9.01. The standard InChI is InChI=1S/C17H23ClN2O2.C2H6/c1-12(21)17(11-14-3-5-15(18)6-4-14)19-16-7-9-20(10-8-16)13(2)22;1-2/h3-6,16-17,19H,7-11H2,1-2H3;1-2H3/t17-;/m1./s1. The van der Waals surface area contributed by atoms with Crippen molar-refractivity contribution >= 4 is 23.3 Å². The van der Waals surface area contributed by atoms with Crippen LogP contribution in [0.4, 0.5) is 0 Å². The number of nitrogens with zero attached hydrogens (tertiary/aromatic N) is 1. The first-order chi connectivity index (χ1) is 11.5. The van der Waals surface area contributed by atoms with Gasteiger partial charge in [-0.05, 0) is 43.9 Å². The lowest BCUT2D eigenvalue weighted by atomic mass is 9.99. The average molecular weight is 353 g/mol. The van der Waals surface area contributed by atoms with Gasteiger partial charge in [0.25, 0.3) is 0 Å². The van der Waals surface area contributed by atoms with Crippen LogP contribution in [-0.2, 0) is 16.0 Å². The maximum atomic E-state index is 11.9. The molecule has 24 heavy (non-hydrogen) atoms. The second kappa shape index (κ2) is 10.5. The van der Waals surface area contributed by atoms with Crippen molar-refractivity contribution in [2.24, 2.45) is 0 Å². The van der Waals surface area contributed by atoms with Gasteiger partial charge in [0.05, 0.1) is 6.04 Å². The lowest BCUT2D eigenvalue weighted by Gasteiger charge is -2.33.